The van der Waals surface area contributed by atoms with Crippen molar-refractivity contribution in [3.05, 3.63) is 54.0 Å². The molecule has 1 aliphatic rings. The number of phenols is 1. The molecule has 0 radical (unpaired) electrons. The molecule has 1 aliphatic heterocycles. The lowest BCUT2D eigenvalue weighted by Crippen LogP contribution is -2.49. The molecule has 132 valence electrons. The van der Waals surface area contributed by atoms with Crippen LogP contribution in [0, 0.1) is 0 Å². The summed E-state index contributed by atoms with van der Waals surface area (Å²) in [6.45, 7) is 3.01. The number of carbonyl (C=O) groups excluding carboxylic acids is 2. The number of nitrogens with one attached hydrogen (secondary N) is 1. The molecule has 25 heavy (non-hydrogen) atoms. The van der Waals surface area contributed by atoms with Crippen molar-refractivity contribution in [1.82, 2.24) is 10.2 Å². The highest BCUT2D eigenvalue weighted by atomic mass is 16.3. The molecule has 1 fully saturated rings. The SMILES string of the molecule is CC(NC(=O)c1ccco1)C(=O)N1CCC(c2ccc(O)cc2)CC1. The lowest BCUT2D eigenvalue weighted by atomic mass is 9.89. The number of aromatic hydroxyl groups is 1. The summed E-state index contributed by atoms with van der Waals surface area (Å²) in [5.74, 6) is 0.384. The Hall–Kier alpha value is -2.76. The molecule has 2 N–H and O–H groups in total. The molecule has 1 aromatic carbocycles. The minimum atomic E-state index is -0.595. The number of hydrogen-bond donors (Lipinski definition) is 2. The van der Waals surface area contributed by atoms with Gasteiger partial charge in [0.05, 0.1) is 6.26 Å². The van der Waals surface area contributed by atoms with E-state index in [4.69, 9.17) is 4.42 Å². The monoisotopic (exact) mass is 342 g/mol. The molecule has 1 atom stereocenters. The van der Waals surface area contributed by atoms with Gasteiger partial charge in [-0.3, -0.25) is 9.59 Å². The van der Waals surface area contributed by atoms with Crippen molar-refractivity contribution in [3.8, 4) is 5.75 Å². The highest BCUT2D eigenvalue weighted by Gasteiger charge is 2.28. The van der Waals surface area contributed by atoms with Gasteiger partial charge in [-0.2, -0.15) is 0 Å². The molecular weight excluding hydrogens is 320 g/mol. The average Bonchev–Trinajstić information content (AvgIpc) is 3.17. The molecule has 2 heterocycles. The van der Waals surface area contributed by atoms with Gasteiger partial charge >= 0.3 is 0 Å². The minimum absolute atomic E-state index is 0.0796. The van der Waals surface area contributed by atoms with E-state index < -0.39 is 6.04 Å². The van der Waals surface area contributed by atoms with Crippen molar-refractivity contribution in [3.63, 3.8) is 0 Å². The van der Waals surface area contributed by atoms with Gasteiger partial charge in [-0.05, 0) is 55.5 Å². The van der Waals surface area contributed by atoms with Crippen molar-refractivity contribution in [2.75, 3.05) is 13.1 Å². The average molecular weight is 342 g/mol. The molecule has 3 rings (SSSR count). The quantitative estimate of drug-likeness (QED) is 0.894. The van der Waals surface area contributed by atoms with Crippen LogP contribution in [0.4, 0.5) is 0 Å². The molecule has 0 spiro atoms. The zero-order valence-corrected chi connectivity index (χ0v) is 14.1. The van der Waals surface area contributed by atoms with Gasteiger partial charge in [0.25, 0.3) is 5.91 Å². The van der Waals surface area contributed by atoms with E-state index in [-0.39, 0.29) is 23.3 Å². The first-order valence-corrected chi connectivity index (χ1v) is 8.46. The number of amides is 2. The molecule has 1 saturated heterocycles. The molecule has 1 unspecified atom stereocenters. The predicted octanol–water partition coefficient (Wildman–Crippen LogP) is 2.51. The smallest absolute Gasteiger partial charge is 0.287 e. The molecule has 1 aromatic heterocycles. The molecule has 0 saturated carbocycles. The van der Waals surface area contributed by atoms with Crippen molar-refractivity contribution in [2.45, 2.75) is 31.7 Å². The fourth-order valence-electron chi connectivity index (χ4n) is 3.19. The zero-order valence-electron chi connectivity index (χ0n) is 14.1. The van der Waals surface area contributed by atoms with E-state index in [2.05, 4.69) is 5.32 Å². The van der Waals surface area contributed by atoms with Crippen LogP contribution < -0.4 is 5.32 Å². The predicted molar refractivity (Wildman–Crippen MR) is 92.3 cm³/mol. The number of carbonyl (C=O) groups is 2. The summed E-state index contributed by atoms with van der Waals surface area (Å²) in [5, 5.41) is 12.1. The van der Waals surface area contributed by atoms with Gasteiger partial charge in [0.15, 0.2) is 5.76 Å². The van der Waals surface area contributed by atoms with Gasteiger partial charge in [-0.25, -0.2) is 0 Å². The van der Waals surface area contributed by atoms with Crippen LogP contribution in [0.5, 0.6) is 5.75 Å². The summed E-state index contributed by atoms with van der Waals surface area (Å²) in [6, 6.07) is 9.86. The van der Waals surface area contributed by atoms with E-state index in [0.29, 0.717) is 19.0 Å². The molecule has 0 aliphatic carbocycles. The number of nitrogens with zero attached hydrogens (tertiary/aromatic N) is 1. The van der Waals surface area contributed by atoms with Gasteiger partial charge in [0, 0.05) is 13.1 Å². The molecule has 6 nitrogen and oxygen atoms in total. The number of likely N-dealkylation sites (tertiary alicyclic amines) is 1. The molecule has 6 heteroatoms. The number of piperidine rings is 1. The summed E-state index contributed by atoms with van der Waals surface area (Å²) < 4.78 is 5.04. The maximum Gasteiger partial charge on any atom is 0.287 e. The van der Waals surface area contributed by atoms with Gasteiger partial charge in [0.1, 0.15) is 11.8 Å². The summed E-state index contributed by atoms with van der Waals surface area (Å²) in [4.78, 5) is 26.3. The van der Waals surface area contributed by atoms with Gasteiger partial charge < -0.3 is 19.7 Å². The standard InChI is InChI=1S/C19H22N2O4/c1-13(20-18(23)17-3-2-12-25-17)19(24)21-10-8-15(9-11-21)14-4-6-16(22)7-5-14/h2-7,12-13,15,22H,8-11H2,1H3,(H,20,23). The Bertz CT molecular complexity index is 716. The van der Waals surface area contributed by atoms with E-state index in [1.165, 1.54) is 11.8 Å². The summed E-state index contributed by atoms with van der Waals surface area (Å²) in [5.41, 5.74) is 1.18. The summed E-state index contributed by atoms with van der Waals surface area (Å²) in [7, 11) is 0. The van der Waals surface area contributed by atoms with Crippen LogP contribution in [0.2, 0.25) is 0 Å². The van der Waals surface area contributed by atoms with Crippen LogP contribution >= 0.6 is 0 Å². The lowest BCUT2D eigenvalue weighted by molar-refractivity contribution is -0.133. The molecular formula is C19H22N2O4. The Balaban J connectivity index is 1.52. The molecule has 2 amide bonds. The largest absolute Gasteiger partial charge is 0.508 e. The van der Waals surface area contributed by atoms with Crippen molar-refractivity contribution in [2.24, 2.45) is 0 Å². The Kier molecular flexibility index (Phi) is 5.07. The van der Waals surface area contributed by atoms with Crippen LogP contribution in [-0.4, -0.2) is 41.0 Å². The highest BCUT2D eigenvalue weighted by Crippen LogP contribution is 2.29. The molecule has 2 aromatic rings. The summed E-state index contributed by atoms with van der Waals surface area (Å²) in [6.07, 6.45) is 3.17. The fourth-order valence-corrected chi connectivity index (χ4v) is 3.19. The van der Waals surface area contributed by atoms with E-state index >= 15 is 0 Å². The third kappa shape index (κ3) is 4.02. The minimum Gasteiger partial charge on any atom is -0.508 e. The van der Waals surface area contributed by atoms with E-state index in [1.54, 1.807) is 36.1 Å². The fraction of sp³-hybridized carbons (Fsp3) is 0.368. The first kappa shape index (κ1) is 17.1. The van der Waals surface area contributed by atoms with Gasteiger partial charge in [-0.15, -0.1) is 0 Å². The van der Waals surface area contributed by atoms with Crippen LogP contribution in [0.15, 0.2) is 47.1 Å². The van der Waals surface area contributed by atoms with E-state index in [0.717, 1.165) is 12.8 Å². The highest BCUT2D eigenvalue weighted by molar-refractivity contribution is 5.95. The van der Waals surface area contributed by atoms with Crippen LogP contribution in [0.25, 0.3) is 0 Å². The number of phenolic OH excluding ortho intramolecular Hbond substituents is 1. The topological polar surface area (TPSA) is 82.8 Å². The third-order valence-corrected chi connectivity index (χ3v) is 4.63. The second-order valence-corrected chi connectivity index (χ2v) is 6.36. The van der Waals surface area contributed by atoms with E-state index in [1.807, 2.05) is 12.1 Å². The lowest BCUT2D eigenvalue weighted by Gasteiger charge is -2.33. The van der Waals surface area contributed by atoms with Crippen LogP contribution in [0.3, 0.4) is 0 Å². The first-order valence-electron chi connectivity index (χ1n) is 8.46. The van der Waals surface area contributed by atoms with Crippen molar-refractivity contribution < 1.29 is 19.1 Å². The van der Waals surface area contributed by atoms with Crippen molar-refractivity contribution in [1.29, 1.82) is 0 Å². The summed E-state index contributed by atoms with van der Waals surface area (Å²) >= 11 is 0. The molecule has 0 bridgehead atoms. The number of furan rings is 1. The Morgan fingerprint density at radius 2 is 1.88 bits per heavy atom. The van der Waals surface area contributed by atoms with Crippen LogP contribution in [0.1, 0.15) is 41.8 Å². The number of hydrogen-bond acceptors (Lipinski definition) is 4. The maximum atomic E-state index is 12.5. The van der Waals surface area contributed by atoms with Gasteiger partial charge in [-0.1, -0.05) is 12.1 Å². The Morgan fingerprint density at radius 1 is 1.20 bits per heavy atom. The second kappa shape index (κ2) is 7.42. The van der Waals surface area contributed by atoms with E-state index in [9.17, 15) is 14.7 Å². The zero-order chi connectivity index (χ0) is 17.8. The Labute approximate surface area is 146 Å². The van der Waals surface area contributed by atoms with Crippen molar-refractivity contribution >= 4 is 11.8 Å². The first-order chi connectivity index (χ1) is 12.0. The van der Waals surface area contributed by atoms with Gasteiger partial charge in [0.2, 0.25) is 5.91 Å². The number of rotatable bonds is 4. The Morgan fingerprint density at radius 3 is 2.48 bits per heavy atom. The normalized spacial score (nSPS) is 16.4. The maximum absolute atomic E-state index is 12.5. The third-order valence-electron chi connectivity index (χ3n) is 4.63. The number of benzene rings is 1. The van der Waals surface area contributed by atoms with Crippen LogP contribution in [-0.2, 0) is 4.79 Å². The second-order valence-electron chi connectivity index (χ2n) is 6.36.